The zero-order valence-electron chi connectivity index (χ0n) is 10.1. The van der Waals surface area contributed by atoms with Crippen LogP contribution in [0.2, 0.25) is 0 Å². The minimum absolute atomic E-state index is 0.130. The van der Waals surface area contributed by atoms with Crippen molar-refractivity contribution in [2.24, 2.45) is 0 Å². The summed E-state index contributed by atoms with van der Waals surface area (Å²) in [4.78, 5) is 0.696. The minimum atomic E-state index is -2.80. The van der Waals surface area contributed by atoms with E-state index in [0.717, 1.165) is 17.5 Å². The van der Waals surface area contributed by atoms with Crippen LogP contribution >= 0.6 is 0 Å². The number of hydrogen-bond donors (Lipinski definition) is 0. The molecule has 1 aromatic carbocycles. The van der Waals surface area contributed by atoms with Crippen molar-refractivity contribution >= 4 is 20.0 Å². The summed E-state index contributed by atoms with van der Waals surface area (Å²) < 4.78 is 17.8. The zero-order chi connectivity index (χ0) is 12.3. The zero-order valence-corrected chi connectivity index (χ0v) is 11.8. The Kier molecular flexibility index (Phi) is 4.47. The summed E-state index contributed by atoms with van der Waals surface area (Å²) in [5.74, 6) is 0. The summed E-state index contributed by atoms with van der Waals surface area (Å²) in [5.41, 5.74) is 1.96. The molecule has 0 heterocycles. The van der Waals surface area contributed by atoms with Crippen LogP contribution in [-0.2, 0) is 30.6 Å². The quantitative estimate of drug-likeness (QED) is 0.830. The van der Waals surface area contributed by atoms with Gasteiger partial charge >= 0.3 is 0 Å². The normalized spacial score (nSPS) is 15.1. The molecule has 90 valence electrons. The van der Waals surface area contributed by atoms with Crippen LogP contribution in [0, 0.1) is 6.92 Å². The Morgan fingerprint density at radius 1 is 1.44 bits per heavy atom. The molecule has 0 N–H and O–H groups in total. The van der Waals surface area contributed by atoms with Crippen molar-refractivity contribution in [2.45, 2.75) is 45.1 Å². The first-order valence-corrected chi connectivity index (χ1v) is 7.81. The highest BCUT2D eigenvalue weighted by molar-refractivity contribution is 8.30. The molecule has 0 amide bonds. The van der Waals surface area contributed by atoms with Crippen molar-refractivity contribution in [1.82, 2.24) is 0 Å². The summed E-state index contributed by atoms with van der Waals surface area (Å²) in [6.07, 6.45) is 0.681. The molecule has 0 saturated carbocycles. The molecule has 1 unspecified atom stereocenters. The van der Waals surface area contributed by atoms with E-state index >= 15 is 0 Å². The SMILES string of the molecule is CCc1cccc(C)c1S(=O)(=S)OC(C)C. The predicted molar refractivity (Wildman–Crippen MR) is 70.6 cm³/mol. The Morgan fingerprint density at radius 2 is 2.06 bits per heavy atom. The molecule has 0 spiro atoms. The maximum Gasteiger partial charge on any atom is 0.174 e. The van der Waals surface area contributed by atoms with Gasteiger partial charge < -0.3 is 0 Å². The van der Waals surface area contributed by atoms with E-state index in [1.807, 2.05) is 45.9 Å². The second-order valence-corrected chi connectivity index (χ2v) is 6.84. The van der Waals surface area contributed by atoms with Gasteiger partial charge in [0.25, 0.3) is 0 Å². The largest absolute Gasteiger partial charge is 0.284 e. The van der Waals surface area contributed by atoms with Gasteiger partial charge in [-0.15, -0.1) is 0 Å². The molecule has 0 aliphatic rings. The second-order valence-electron chi connectivity index (χ2n) is 4.02. The molecule has 0 fully saturated rings. The van der Waals surface area contributed by atoms with Crippen molar-refractivity contribution in [3.05, 3.63) is 29.3 Å². The second kappa shape index (κ2) is 5.25. The number of benzene rings is 1. The first kappa shape index (κ1) is 13.6. The molecular weight excluding hydrogens is 240 g/mol. The third-order valence-corrected chi connectivity index (χ3v) is 4.70. The molecule has 4 heteroatoms. The third-order valence-electron chi connectivity index (χ3n) is 2.24. The van der Waals surface area contributed by atoms with E-state index in [9.17, 15) is 4.21 Å². The van der Waals surface area contributed by atoms with Crippen LogP contribution < -0.4 is 0 Å². The fraction of sp³-hybridized carbons (Fsp3) is 0.500. The molecule has 0 aliphatic carbocycles. The van der Waals surface area contributed by atoms with Gasteiger partial charge in [0.05, 0.1) is 11.0 Å². The first-order valence-electron chi connectivity index (χ1n) is 5.40. The van der Waals surface area contributed by atoms with Crippen LogP contribution in [0.3, 0.4) is 0 Å². The minimum Gasteiger partial charge on any atom is -0.284 e. The predicted octanol–water partition coefficient (Wildman–Crippen LogP) is 3.00. The van der Waals surface area contributed by atoms with E-state index < -0.39 is 8.77 Å². The van der Waals surface area contributed by atoms with Crippen molar-refractivity contribution in [3.63, 3.8) is 0 Å². The Morgan fingerprint density at radius 3 is 2.56 bits per heavy atom. The molecular formula is C12H18O2S2. The summed E-state index contributed by atoms with van der Waals surface area (Å²) in [6.45, 7) is 7.63. The molecule has 16 heavy (non-hydrogen) atoms. The van der Waals surface area contributed by atoms with Crippen LogP contribution in [-0.4, -0.2) is 10.3 Å². The fourth-order valence-electron chi connectivity index (χ4n) is 1.65. The summed E-state index contributed by atoms with van der Waals surface area (Å²) in [5, 5.41) is 0. The van der Waals surface area contributed by atoms with Crippen LogP contribution in [0.5, 0.6) is 0 Å². The monoisotopic (exact) mass is 258 g/mol. The standard InChI is InChI=1S/C12H18O2S2/c1-5-11-8-6-7-10(4)12(11)16(13,15)14-9(2)3/h6-9H,5H2,1-4H3. The fourth-order valence-corrected chi connectivity index (χ4v) is 4.44. The smallest absolute Gasteiger partial charge is 0.174 e. The van der Waals surface area contributed by atoms with Crippen LogP contribution in [0.25, 0.3) is 0 Å². The van der Waals surface area contributed by atoms with Crippen LogP contribution in [0.15, 0.2) is 23.1 Å². The highest BCUT2D eigenvalue weighted by atomic mass is 32.8. The molecule has 1 atom stereocenters. The molecule has 0 radical (unpaired) electrons. The maximum absolute atomic E-state index is 12.4. The van der Waals surface area contributed by atoms with E-state index in [0.29, 0.717) is 4.90 Å². The topological polar surface area (TPSA) is 26.3 Å². The van der Waals surface area contributed by atoms with E-state index in [1.54, 1.807) is 0 Å². The first-order chi connectivity index (χ1) is 7.38. The van der Waals surface area contributed by atoms with Crippen LogP contribution in [0.1, 0.15) is 31.9 Å². The maximum atomic E-state index is 12.4. The number of rotatable bonds is 4. The lowest BCUT2D eigenvalue weighted by Gasteiger charge is -2.16. The molecule has 1 rings (SSSR count). The highest BCUT2D eigenvalue weighted by Gasteiger charge is 2.18. The molecule has 1 aromatic rings. The van der Waals surface area contributed by atoms with Crippen LogP contribution in [0.4, 0.5) is 0 Å². The van der Waals surface area contributed by atoms with Crippen molar-refractivity contribution in [2.75, 3.05) is 0 Å². The van der Waals surface area contributed by atoms with E-state index in [-0.39, 0.29) is 6.10 Å². The average molecular weight is 258 g/mol. The Bertz CT molecular complexity index is 462. The molecule has 0 bridgehead atoms. The van der Waals surface area contributed by atoms with Gasteiger partial charge in [-0.25, -0.2) is 4.21 Å². The van der Waals surface area contributed by atoms with Gasteiger partial charge in [-0.2, -0.15) is 0 Å². The van der Waals surface area contributed by atoms with Gasteiger partial charge in [-0.3, -0.25) is 4.18 Å². The van der Waals surface area contributed by atoms with E-state index in [2.05, 4.69) is 0 Å². The van der Waals surface area contributed by atoms with Crippen molar-refractivity contribution in [3.8, 4) is 0 Å². The van der Waals surface area contributed by atoms with Gasteiger partial charge in [0.1, 0.15) is 0 Å². The van der Waals surface area contributed by atoms with Gasteiger partial charge in [0.15, 0.2) is 8.77 Å². The Hall–Kier alpha value is -0.450. The number of aryl methyl sites for hydroxylation is 2. The Labute approximate surface area is 103 Å². The van der Waals surface area contributed by atoms with Crippen molar-refractivity contribution in [1.29, 1.82) is 0 Å². The Balaban J connectivity index is 3.32. The molecule has 0 aliphatic heterocycles. The average Bonchev–Trinajstić information content (AvgIpc) is 2.14. The lowest BCUT2D eigenvalue weighted by Crippen LogP contribution is -2.14. The van der Waals surface area contributed by atoms with Gasteiger partial charge in [0, 0.05) is 11.2 Å². The molecule has 0 aromatic heterocycles. The summed E-state index contributed by atoms with van der Waals surface area (Å²) in [6, 6.07) is 5.83. The lowest BCUT2D eigenvalue weighted by molar-refractivity contribution is 0.268. The molecule has 0 saturated heterocycles. The lowest BCUT2D eigenvalue weighted by atomic mass is 10.1. The summed E-state index contributed by atoms with van der Waals surface area (Å²) in [7, 11) is -2.80. The number of hydrogen-bond acceptors (Lipinski definition) is 3. The van der Waals surface area contributed by atoms with Gasteiger partial charge in [-0.1, -0.05) is 25.1 Å². The molecule has 2 nitrogen and oxygen atoms in total. The van der Waals surface area contributed by atoms with Gasteiger partial charge in [-0.05, 0) is 38.3 Å². The highest BCUT2D eigenvalue weighted by Crippen LogP contribution is 2.24. The third kappa shape index (κ3) is 3.03. The van der Waals surface area contributed by atoms with Crippen molar-refractivity contribution < 1.29 is 8.39 Å². The van der Waals surface area contributed by atoms with E-state index in [4.69, 9.17) is 15.4 Å². The van der Waals surface area contributed by atoms with E-state index in [1.165, 1.54) is 0 Å². The van der Waals surface area contributed by atoms with Gasteiger partial charge in [0.2, 0.25) is 0 Å². The summed E-state index contributed by atoms with van der Waals surface area (Å²) >= 11 is 5.13.